The first kappa shape index (κ1) is 13.4. The zero-order valence-corrected chi connectivity index (χ0v) is 11.3. The first-order chi connectivity index (χ1) is 8.81. The van der Waals surface area contributed by atoms with Crippen molar-refractivity contribution in [2.75, 3.05) is 25.1 Å². The Hall–Kier alpha value is -1.06. The molecule has 0 amide bonds. The SMILES string of the molecule is CCOCc1ccccc1NC(C)C1CCOC1. The molecule has 1 aromatic rings. The minimum absolute atomic E-state index is 0.440. The number of anilines is 1. The van der Waals surface area contributed by atoms with E-state index in [9.17, 15) is 0 Å². The average molecular weight is 249 g/mol. The topological polar surface area (TPSA) is 30.5 Å². The number of benzene rings is 1. The highest BCUT2D eigenvalue weighted by molar-refractivity contribution is 5.51. The number of nitrogens with one attached hydrogen (secondary N) is 1. The molecule has 1 heterocycles. The number of ether oxygens (including phenoxy) is 2. The maximum absolute atomic E-state index is 5.50. The Morgan fingerprint density at radius 3 is 3.00 bits per heavy atom. The molecule has 1 aliphatic rings. The van der Waals surface area contributed by atoms with Gasteiger partial charge in [-0.15, -0.1) is 0 Å². The van der Waals surface area contributed by atoms with Gasteiger partial charge in [0.15, 0.2) is 0 Å². The van der Waals surface area contributed by atoms with Crippen LogP contribution in [0.15, 0.2) is 24.3 Å². The van der Waals surface area contributed by atoms with E-state index in [4.69, 9.17) is 9.47 Å². The van der Waals surface area contributed by atoms with Crippen LogP contribution in [0.2, 0.25) is 0 Å². The highest BCUT2D eigenvalue weighted by Gasteiger charge is 2.22. The number of rotatable bonds is 6. The van der Waals surface area contributed by atoms with Crippen molar-refractivity contribution in [2.45, 2.75) is 32.9 Å². The third-order valence-corrected chi connectivity index (χ3v) is 3.53. The molecular weight excluding hydrogens is 226 g/mol. The van der Waals surface area contributed by atoms with Crippen molar-refractivity contribution >= 4 is 5.69 Å². The normalized spacial score (nSPS) is 20.9. The zero-order valence-electron chi connectivity index (χ0n) is 11.3. The van der Waals surface area contributed by atoms with Gasteiger partial charge in [0.05, 0.1) is 13.2 Å². The summed E-state index contributed by atoms with van der Waals surface area (Å²) in [5.41, 5.74) is 2.41. The fourth-order valence-electron chi connectivity index (χ4n) is 2.31. The summed E-state index contributed by atoms with van der Waals surface area (Å²) >= 11 is 0. The van der Waals surface area contributed by atoms with Crippen LogP contribution in [0, 0.1) is 5.92 Å². The van der Waals surface area contributed by atoms with Crippen molar-refractivity contribution in [1.82, 2.24) is 0 Å². The Kier molecular flexibility index (Phi) is 5.02. The van der Waals surface area contributed by atoms with Crippen molar-refractivity contribution in [3.05, 3.63) is 29.8 Å². The predicted molar refractivity (Wildman–Crippen MR) is 73.8 cm³/mol. The standard InChI is InChI=1S/C15H23NO2/c1-3-17-11-14-6-4-5-7-15(14)16-12(2)13-8-9-18-10-13/h4-7,12-13,16H,3,8-11H2,1-2H3. The molecule has 0 radical (unpaired) electrons. The zero-order chi connectivity index (χ0) is 12.8. The van der Waals surface area contributed by atoms with Gasteiger partial charge in [-0.05, 0) is 26.3 Å². The predicted octanol–water partition coefficient (Wildman–Crippen LogP) is 3.06. The van der Waals surface area contributed by atoms with E-state index in [-0.39, 0.29) is 0 Å². The molecule has 0 spiro atoms. The van der Waals surface area contributed by atoms with E-state index in [1.807, 2.05) is 6.92 Å². The Morgan fingerprint density at radius 1 is 1.44 bits per heavy atom. The lowest BCUT2D eigenvalue weighted by atomic mass is 10.00. The molecule has 100 valence electrons. The summed E-state index contributed by atoms with van der Waals surface area (Å²) in [6.45, 7) is 7.46. The van der Waals surface area contributed by atoms with Crippen LogP contribution in [-0.2, 0) is 16.1 Å². The van der Waals surface area contributed by atoms with Crippen LogP contribution in [0.1, 0.15) is 25.8 Å². The van der Waals surface area contributed by atoms with Crippen molar-refractivity contribution < 1.29 is 9.47 Å². The molecule has 0 saturated carbocycles. The van der Waals surface area contributed by atoms with E-state index >= 15 is 0 Å². The molecule has 1 aromatic carbocycles. The molecule has 1 saturated heterocycles. The van der Waals surface area contributed by atoms with Crippen LogP contribution >= 0.6 is 0 Å². The van der Waals surface area contributed by atoms with Gasteiger partial charge in [-0.3, -0.25) is 0 Å². The van der Waals surface area contributed by atoms with Gasteiger partial charge < -0.3 is 14.8 Å². The molecule has 3 nitrogen and oxygen atoms in total. The van der Waals surface area contributed by atoms with E-state index in [1.165, 1.54) is 11.3 Å². The summed E-state index contributed by atoms with van der Waals surface area (Å²) in [6, 6.07) is 8.81. The molecule has 0 bridgehead atoms. The van der Waals surface area contributed by atoms with Crippen LogP contribution in [0.5, 0.6) is 0 Å². The third-order valence-electron chi connectivity index (χ3n) is 3.53. The summed E-state index contributed by atoms with van der Waals surface area (Å²) in [5, 5.41) is 3.60. The van der Waals surface area contributed by atoms with Crippen molar-refractivity contribution in [3.8, 4) is 0 Å². The Bertz CT molecular complexity index is 361. The van der Waals surface area contributed by atoms with Gasteiger partial charge in [0.1, 0.15) is 0 Å². The Morgan fingerprint density at radius 2 is 2.28 bits per heavy atom. The van der Waals surface area contributed by atoms with Crippen molar-refractivity contribution in [2.24, 2.45) is 5.92 Å². The highest BCUT2D eigenvalue weighted by Crippen LogP contribution is 2.23. The van der Waals surface area contributed by atoms with Gasteiger partial charge in [0.25, 0.3) is 0 Å². The monoisotopic (exact) mass is 249 g/mol. The lowest BCUT2D eigenvalue weighted by Crippen LogP contribution is -2.26. The van der Waals surface area contributed by atoms with E-state index in [0.717, 1.165) is 26.2 Å². The fraction of sp³-hybridized carbons (Fsp3) is 0.600. The van der Waals surface area contributed by atoms with Crippen LogP contribution in [0.3, 0.4) is 0 Å². The average Bonchev–Trinajstić information content (AvgIpc) is 2.91. The number of para-hydroxylation sites is 1. The summed E-state index contributed by atoms with van der Waals surface area (Å²) in [4.78, 5) is 0. The quantitative estimate of drug-likeness (QED) is 0.840. The number of hydrogen-bond acceptors (Lipinski definition) is 3. The van der Waals surface area contributed by atoms with Crippen LogP contribution < -0.4 is 5.32 Å². The van der Waals surface area contributed by atoms with E-state index in [2.05, 4.69) is 36.5 Å². The summed E-state index contributed by atoms with van der Waals surface area (Å²) in [6.07, 6.45) is 1.15. The van der Waals surface area contributed by atoms with E-state index in [0.29, 0.717) is 18.6 Å². The van der Waals surface area contributed by atoms with Gasteiger partial charge in [0.2, 0.25) is 0 Å². The summed E-state index contributed by atoms with van der Waals surface area (Å²) in [5.74, 6) is 0.616. The number of hydrogen-bond donors (Lipinski definition) is 1. The fourth-order valence-corrected chi connectivity index (χ4v) is 2.31. The second-order valence-electron chi connectivity index (χ2n) is 4.85. The molecule has 18 heavy (non-hydrogen) atoms. The van der Waals surface area contributed by atoms with Crippen LogP contribution in [0.25, 0.3) is 0 Å². The molecule has 1 fully saturated rings. The third kappa shape index (κ3) is 3.47. The highest BCUT2D eigenvalue weighted by atomic mass is 16.5. The van der Waals surface area contributed by atoms with Crippen LogP contribution in [0.4, 0.5) is 5.69 Å². The molecular formula is C15H23NO2. The van der Waals surface area contributed by atoms with Crippen LogP contribution in [-0.4, -0.2) is 25.9 Å². The van der Waals surface area contributed by atoms with E-state index < -0.39 is 0 Å². The molecule has 2 atom stereocenters. The minimum Gasteiger partial charge on any atom is -0.382 e. The molecule has 2 unspecified atom stereocenters. The first-order valence-corrected chi connectivity index (χ1v) is 6.81. The Balaban J connectivity index is 1.98. The maximum atomic E-state index is 5.50. The smallest absolute Gasteiger partial charge is 0.0736 e. The van der Waals surface area contributed by atoms with Gasteiger partial charge in [0, 0.05) is 36.4 Å². The lowest BCUT2D eigenvalue weighted by Gasteiger charge is -2.22. The minimum atomic E-state index is 0.440. The second kappa shape index (κ2) is 6.76. The molecule has 0 aromatic heterocycles. The summed E-state index contributed by atoms with van der Waals surface area (Å²) < 4.78 is 10.9. The lowest BCUT2D eigenvalue weighted by molar-refractivity contribution is 0.134. The largest absolute Gasteiger partial charge is 0.382 e. The molecule has 3 heteroatoms. The van der Waals surface area contributed by atoms with Gasteiger partial charge >= 0.3 is 0 Å². The van der Waals surface area contributed by atoms with Crippen molar-refractivity contribution in [1.29, 1.82) is 0 Å². The van der Waals surface area contributed by atoms with Crippen molar-refractivity contribution in [3.63, 3.8) is 0 Å². The molecule has 1 aliphatic heterocycles. The van der Waals surface area contributed by atoms with E-state index in [1.54, 1.807) is 0 Å². The molecule has 0 aliphatic carbocycles. The van der Waals surface area contributed by atoms with Gasteiger partial charge in [-0.25, -0.2) is 0 Å². The molecule has 1 N–H and O–H groups in total. The maximum Gasteiger partial charge on any atom is 0.0736 e. The molecule has 2 rings (SSSR count). The van der Waals surface area contributed by atoms with Gasteiger partial charge in [-0.1, -0.05) is 18.2 Å². The summed E-state index contributed by atoms with van der Waals surface area (Å²) in [7, 11) is 0. The van der Waals surface area contributed by atoms with Gasteiger partial charge in [-0.2, -0.15) is 0 Å². The second-order valence-corrected chi connectivity index (χ2v) is 4.85. The Labute approximate surface area is 109 Å². The first-order valence-electron chi connectivity index (χ1n) is 6.81.